The van der Waals surface area contributed by atoms with Gasteiger partial charge in [-0.25, -0.2) is 4.98 Å². The highest BCUT2D eigenvalue weighted by Crippen LogP contribution is 2.44. The van der Waals surface area contributed by atoms with Gasteiger partial charge in [-0.05, 0) is 25.8 Å². The van der Waals surface area contributed by atoms with Crippen LogP contribution in [0.4, 0.5) is 5.13 Å². The Bertz CT molecular complexity index is 430. The van der Waals surface area contributed by atoms with E-state index in [9.17, 15) is 0 Å². The number of ether oxygens (including phenoxy) is 1. The van der Waals surface area contributed by atoms with E-state index < -0.39 is 0 Å². The molecule has 1 N–H and O–H groups in total. The topological polar surface area (TPSA) is 37.4 Å². The highest BCUT2D eigenvalue weighted by Gasteiger charge is 2.32. The summed E-state index contributed by atoms with van der Waals surface area (Å²) in [4.78, 5) is 8.76. The molecule has 0 bridgehead atoms. The Hall–Kier alpha value is -0.650. The van der Waals surface area contributed by atoms with Gasteiger partial charge in [0.1, 0.15) is 0 Å². The summed E-state index contributed by atoms with van der Waals surface area (Å²) in [7, 11) is 1.81. The van der Waals surface area contributed by atoms with Gasteiger partial charge in [-0.2, -0.15) is 0 Å². The molecule has 3 rings (SSSR count). The fraction of sp³-hybridized carbons (Fsp3) is 0.786. The number of aromatic nitrogens is 1. The lowest BCUT2D eigenvalue weighted by molar-refractivity contribution is 0.121. The van der Waals surface area contributed by atoms with Crippen molar-refractivity contribution < 1.29 is 4.74 Å². The zero-order chi connectivity index (χ0) is 13.2. The van der Waals surface area contributed by atoms with Crippen LogP contribution in [-0.2, 0) is 11.3 Å². The predicted molar refractivity (Wildman–Crippen MR) is 79.1 cm³/mol. The van der Waals surface area contributed by atoms with Crippen LogP contribution in [0.1, 0.15) is 42.7 Å². The molecule has 0 aromatic carbocycles. The zero-order valence-corrected chi connectivity index (χ0v) is 12.6. The largest absolute Gasteiger partial charge is 0.380 e. The standard InChI is InChI=1S/C14H23N3OS/c1-3-15-8-12-13(10-4-5-10)16-14(19-12)17-7-6-11(9-17)18-2/h10-11,15H,3-9H2,1-2H3. The Morgan fingerprint density at radius 2 is 2.26 bits per heavy atom. The van der Waals surface area contributed by atoms with E-state index in [1.54, 1.807) is 0 Å². The average Bonchev–Trinajstić information content (AvgIpc) is 3.02. The molecule has 2 heterocycles. The maximum Gasteiger partial charge on any atom is 0.185 e. The molecule has 1 saturated heterocycles. The molecule has 1 aliphatic heterocycles. The molecule has 0 radical (unpaired) electrons. The summed E-state index contributed by atoms with van der Waals surface area (Å²) in [5.41, 5.74) is 1.36. The summed E-state index contributed by atoms with van der Waals surface area (Å²) in [6, 6.07) is 0. The van der Waals surface area contributed by atoms with Gasteiger partial charge >= 0.3 is 0 Å². The highest BCUT2D eigenvalue weighted by molar-refractivity contribution is 7.15. The van der Waals surface area contributed by atoms with Crippen LogP contribution in [0.15, 0.2) is 0 Å². The first-order valence-electron chi connectivity index (χ1n) is 7.29. The third kappa shape index (κ3) is 2.93. The van der Waals surface area contributed by atoms with Crippen molar-refractivity contribution in [2.45, 2.75) is 44.8 Å². The maximum absolute atomic E-state index is 5.45. The van der Waals surface area contributed by atoms with Crippen molar-refractivity contribution in [3.05, 3.63) is 10.6 Å². The van der Waals surface area contributed by atoms with Crippen LogP contribution in [0.5, 0.6) is 0 Å². The summed E-state index contributed by atoms with van der Waals surface area (Å²) in [6.45, 7) is 6.22. The molecule has 2 fully saturated rings. The molecule has 0 amide bonds. The summed E-state index contributed by atoms with van der Waals surface area (Å²) < 4.78 is 5.45. The number of anilines is 1. The van der Waals surface area contributed by atoms with Gasteiger partial charge < -0.3 is 15.0 Å². The van der Waals surface area contributed by atoms with Crippen molar-refractivity contribution in [3.8, 4) is 0 Å². The summed E-state index contributed by atoms with van der Waals surface area (Å²) in [5, 5.41) is 4.64. The van der Waals surface area contributed by atoms with Crippen LogP contribution in [0.2, 0.25) is 0 Å². The first-order valence-corrected chi connectivity index (χ1v) is 8.11. The van der Waals surface area contributed by atoms with Gasteiger partial charge in [-0.3, -0.25) is 0 Å². The molecule has 106 valence electrons. The SMILES string of the molecule is CCNCc1sc(N2CCC(OC)C2)nc1C1CC1. The van der Waals surface area contributed by atoms with Crippen LogP contribution in [-0.4, -0.2) is 37.8 Å². The minimum Gasteiger partial charge on any atom is -0.380 e. The number of hydrogen-bond donors (Lipinski definition) is 1. The third-order valence-corrected chi connectivity index (χ3v) is 5.10. The first kappa shape index (κ1) is 13.3. The third-order valence-electron chi connectivity index (χ3n) is 3.96. The molecule has 1 atom stereocenters. The van der Waals surface area contributed by atoms with E-state index in [2.05, 4.69) is 17.1 Å². The van der Waals surface area contributed by atoms with Crippen LogP contribution in [0.3, 0.4) is 0 Å². The average molecular weight is 281 g/mol. The van der Waals surface area contributed by atoms with E-state index in [0.29, 0.717) is 6.10 Å². The Labute approximate surface area is 119 Å². The van der Waals surface area contributed by atoms with Crippen LogP contribution >= 0.6 is 11.3 Å². The quantitative estimate of drug-likeness (QED) is 0.868. The van der Waals surface area contributed by atoms with Gasteiger partial charge in [0.25, 0.3) is 0 Å². The maximum atomic E-state index is 5.45. The van der Waals surface area contributed by atoms with Crippen LogP contribution < -0.4 is 10.2 Å². The smallest absolute Gasteiger partial charge is 0.185 e. The molecular formula is C14H23N3OS. The molecule has 1 aliphatic carbocycles. The second-order valence-electron chi connectivity index (χ2n) is 5.45. The second-order valence-corrected chi connectivity index (χ2v) is 6.51. The predicted octanol–water partition coefficient (Wildman–Crippen LogP) is 2.36. The van der Waals surface area contributed by atoms with Gasteiger partial charge in [0.2, 0.25) is 0 Å². The molecule has 2 aliphatic rings. The van der Waals surface area contributed by atoms with Gasteiger partial charge in [0.05, 0.1) is 11.8 Å². The van der Waals surface area contributed by atoms with E-state index in [4.69, 9.17) is 9.72 Å². The van der Waals surface area contributed by atoms with E-state index in [1.165, 1.54) is 28.5 Å². The van der Waals surface area contributed by atoms with Gasteiger partial charge in [-0.15, -0.1) is 11.3 Å². The molecule has 1 aromatic rings. The molecule has 4 nitrogen and oxygen atoms in total. The van der Waals surface area contributed by atoms with E-state index in [1.807, 2.05) is 18.4 Å². The normalized spacial score (nSPS) is 23.3. The summed E-state index contributed by atoms with van der Waals surface area (Å²) in [5.74, 6) is 0.736. The molecule has 1 unspecified atom stereocenters. The minimum atomic E-state index is 0.380. The number of nitrogens with zero attached hydrogens (tertiary/aromatic N) is 2. The Morgan fingerprint density at radius 3 is 2.89 bits per heavy atom. The lowest BCUT2D eigenvalue weighted by atomic mass is 10.2. The van der Waals surface area contributed by atoms with Gasteiger partial charge in [-0.1, -0.05) is 6.92 Å². The fourth-order valence-corrected chi connectivity index (χ4v) is 3.77. The zero-order valence-electron chi connectivity index (χ0n) is 11.8. The number of thiazole rings is 1. The second kappa shape index (κ2) is 5.77. The Balaban J connectivity index is 1.74. The first-order chi connectivity index (χ1) is 9.31. The van der Waals surface area contributed by atoms with Crippen molar-refractivity contribution in [2.24, 2.45) is 0 Å². The molecule has 0 spiro atoms. The number of methoxy groups -OCH3 is 1. The summed E-state index contributed by atoms with van der Waals surface area (Å²) >= 11 is 1.87. The monoisotopic (exact) mass is 281 g/mol. The van der Waals surface area contributed by atoms with E-state index >= 15 is 0 Å². The number of hydrogen-bond acceptors (Lipinski definition) is 5. The number of nitrogens with one attached hydrogen (secondary N) is 1. The molecule has 1 aromatic heterocycles. The molecule has 1 saturated carbocycles. The Kier molecular flexibility index (Phi) is 4.05. The van der Waals surface area contributed by atoms with Crippen molar-refractivity contribution in [3.63, 3.8) is 0 Å². The van der Waals surface area contributed by atoms with Crippen molar-refractivity contribution in [1.82, 2.24) is 10.3 Å². The fourth-order valence-electron chi connectivity index (χ4n) is 2.62. The molecule has 5 heteroatoms. The van der Waals surface area contributed by atoms with Crippen molar-refractivity contribution in [2.75, 3.05) is 31.6 Å². The lowest BCUT2D eigenvalue weighted by Gasteiger charge is -2.13. The number of rotatable bonds is 6. The van der Waals surface area contributed by atoms with Crippen molar-refractivity contribution >= 4 is 16.5 Å². The lowest BCUT2D eigenvalue weighted by Crippen LogP contribution is -2.21. The minimum absolute atomic E-state index is 0.380. The summed E-state index contributed by atoms with van der Waals surface area (Å²) in [6.07, 6.45) is 4.15. The van der Waals surface area contributed by atoms with Gasteiger partial charge in [0.15, 0.2) is 5.13 Å². The van der Waals surface area contributed by atoms with E-state index in [-0.39, 0.29) is 0 Å². The highest BCUT2D eigenvalue weighted by atomic mass is 32.1. The molecular weight excluding hydrogens is 258 g/mol. The Morgan fingerprint density at radius 1 is 1.42 bits per heavy atom. The van der Waals surface area contributed by atoms with Crippen molar-refractivity contribution in [1.29, 1.82) is 0 Å². The van der Waals surface area contributed by atoms with E-state index in [0.717, 1.165) is 38.5 Å². The van der Waals surface area contributed by atoms with Crippen LogP contribution in [0, 0.1) is 0 Å². The molecule has 19 heavy (non-hydrogen) atoms. The van der Waals surface area contributed by atoms with Gasteiger partial charge in [0, 0.05) is 37.5 Å². The van der Waals surface area contributed by atoms with Crippen LogP contribution in [0.25, 0.3) is 0 Å².